The summed E-state index contributed by atoms with van der Waals surface area (Å²) in [5.74, 6) is -1.66. The number of amides is 2. The maximum atomic E-state index is 11.9. The number of urea groups is 1. The van der Waals surface area contributed by atoms with Crippen molar-refractivity contribution in [2.24, 2.45) is 0 Å². The smallest absolute Gasteiger partial charge is 0.326 e. The molecule has 7 nitrogen and oxygen atoms in total. The lowest BCUT2D eigenvalue weighted by Gasteiger charge is -2.27. The number of rotatable bonds is 6. The number of carboxylic acids is 1. The maximum Gasteiger partial charge on any atom is 0.326 e. The van der Waals surface area contributed by atoms with E-state index in [9.17, 15) is 14.4 Å². The maximum absolute atomic E-state index is 11.9. The van der Waals surface area contributed by atoms with E-state index in [1.54, 1.807) is 20.8 Å². The first kappa shape index (κ1) is 16.2. The predicted octanol–water partition coefficient (Wildman–Crippen LogP) is 0.443. The zero-order valence-corrected chi connectivity index (χ0v) is 11.1. The number of carbonyl (C=O) groups is 3. The Balaban J connectivity index is 4.66. The summed E-state index contributed by atoms with van der Waals surface area (Å²) in [4.78, 5) is 35.0. The topological polar surface area (TPSA) is 95.9 Å². The second-order valence-electron chi connectivity index (χ2n) is 4.05. The Morgan fingerprint density at radius 1 is 1.33 bits per heavy atom. The zero-order valence-electron chi connectivity index (χ0n) is 11.1. The van der Waals surface area contributed by atoms with Gasteiger partial charge in [-0.1, -0.05) is 6.92 Å². The Hall–Kier alpha value is -1.79. The molecule has 18 heavy (non-hydrogen) atoms. The number of carboxylic acid groups (broad SMARTS) is 1. The number of ether oxygens (including phenoxy) is 1. The van der Waals surface area contributed by atoms with Crippen molar-refractivity contribution in [3.05, 3.63) is 0 Å². The van der Waals surface area contributed by atoms with Crippen LogP contribution in [0.4, 0.5) is 4.79 Å². The Morgan fingerprint density at radius 3 is 2.22 bits per heavy atom. The molecule has 0 heterocycles. The number of aliphatic carboxylic acids is 1. The highest BCUT2D eigenvalue weighted by Crippen LogP contribution is 2.01. The third-order valence-electron chi connectivity index (χ3n) is 2.42. The fourth-order valence-corrected chi connectivity index (χ4v) is 1.26. The van der Waals surface area contributed by atoms with Gasteiger partial charge in [-0.15, -0.1) is 0 Å². The molecule has 0 aromatic rings. The molecule has 0 fully saturated rings. The van der Waals surface area contributed by atoms with E-state index in [2.05, 4.69) is 10.1 Å². The summed E-state index contributed by atoms with van der Waals surface area (Å²) in [6, 6.07) is -1.79. The third-order valence-corrected chi connectivity index (χ3v) is 2.42. The largest absolute Gasteiger partial charge is 0.480 e. The Morgan fingerprint density at radius 2 is 1.89 bits per heavy atom. The van der Waals surface area contributed by atoms with Crippen LogP contribution in [0.5, 0.6) is 0 Å². The van der Waals surface area contributed by atoms with Crippen LogP contribution in [0, 0.1) is 0 Å². The first-order valence-corrected chi connectivity index (χ1v) is 5.70. The van der Waals surface area contributed by atoms with Gasteiger partial charge in [-0.25, -0.2) is 9.59 Å². The molecule has 2 amide bonds. The highest BCUT2D eigenvalue weighted by molar-refractivity contribution is 5.85. The number of hydrogen-bond acceptors (Lipinski definition) is 4. The van der Waals surface area contributed by atoms with E-state index in [0.717, 1.165) is 0 Å². The molecule has 0 saturated carbocycles. The number of nitrogens with zero attached hydrogens (tertiary/aromatic N) is 1. The molecule has 7 heteroatoms. The van der Waals surface area contributed by atoms with Gasteiger partial charge in [-0.3, -0.25) is 4.79 Å². The van der Waals surface area contributed by atoms with E-state index in [4.69, 9.17) is 5.11 Å². The third kappa shape index (κ3) is 5.03. The van der Waals surface area contributed by atoms with Gasteiger partial charge in [0.05, 0.1) is 7.11 Å². The second-order valence-corrected chi connectivity index (χ2v) is 4.05. The van der Waals surface area contributed by atoms with Crippen LogP contribution < -0.4 is 5.32 Å². The number of hydrogen-bond donors (Lipinski definition) is 2. The quantitative estimate of drug-likeness (QED) is 0.676. The van der Waals surface area contributed by atoms with Crippen LogP contribution in [0.15, 0.2) is 0 Å². The predicted molar refractivity (Wildman–Crippen MR) is 64.1 cm³/mol. The average molecular weight is 260 g/mol. The van der Waals surface area contributed by atoms with Crippen LogP contribution in [0.25, 0.3) is 0 Å². The molecule has 0 rings (SSSR count). The molecule has 1 atom stereocenters. The number of nitrogens with one attached hydrogen (secondary N) is 1. The van der Waals surface area contributed by atoms with E-state index in [0.29, 0.717) is 0 Å². The lowest BCUT2D eigenvalue weighted by Crippen LogP contribution is -2.51. The summed E-state index contributed by atoms with van der Waals surface area (Å²) < 4.78 is 4.48. The summed E-state index contributed by atoms with van der Waals surface area (Å²) in [7, 11) is 1.23. The highest BCUT2D eigenvalue weighted by Gasteiger charge is 2.25. The zero-order chi connectivity index (χ0) is 14.3. The summed E-state index contributed by atoms with van der Waals surface area (Å²) in [6.07, 6.45) is 0.269. The molecule has 0 spiro atoms. The molecule has 0 aliphatic rings. The molecule has 0 aromatic carbocycles. The van der Waals surface area contributed by atoms with Crippen molar-refractivity contribution in [2.45, 2.75) is 39.3 Å². The SMILES string of the molecule is CC[C@@H](NC(=O)N(CC(=O)OC)C(C)C)C(=O)O. The molecule has 0 unspecified atom stereocenters. The van der Waals surface area contributed by atoms with Gasteiger partial charge in [0.1, 0.15) is 12.6 Å². The van der Waals surface area contributed by atoms with Crippen LogP contribution in [-0.4, -0.2) is 53.7 Å². The standard InChI is InChI=1S/C11H20N2O5/c1-5-8(10(15)16)12-11(17)13(7(2)3)6-9(14)18-4/h7-8H,5-6H2,1-4H3,(H,12,17)(H,15,16)/t8-/m1/s1. The second kappa shape index (κ2) is 7.52. The monoisotopic (exact) mass is 260 g/mol. The van der Waals surface area contributed by atoms with Crippen molar-refractivity contribution >= 4 is 18.0 Å². The Labute approximate surface area is 106 Å². The minimum atomic E-state index is -1.10. The molecule has 0 radical (unpaired) electrons. The summed E-state index contributed by atoms with van der Waals surface area (Å²) in [6.45, 7) is 4.89. The molecule has 0 saturated heterocycles. The van der Waals surface area contributed by atoms with Gasteiger partial charge in [0.2, 0.25) is 0 Å². The van der Waals surface area contributed by atoms with Gasteiger partial charge in [-0.05, 0) is 20.3 Å². The number of carbonyl (C=O) groups excluding carboxylic acids is 2. The van der Waals surface area contributed by atoms with Crippen molar-refractivity contribution in [1.82, 2.24) is 10.2 Å². The van der Waals surface area contributed by atoms with Crippen molar-refractivity contribution in [1.29, 1.82) is 0 Å². The normalized spacial score (nSPS) is 11.8. The highest BCUT2D eigenvalue weighted by atomic mass is 16.5. The van der Waals surface area contributed by atoms with Crippen LogP contribution in [0.2, 0.25) is 0 Å². The molecule has 0 aliphatic carbocycles. The van der Waals surface area contributed by atoms with Crippen molar-refractivity contribution < 1.29 is 24.2 Å². The molecular weight excluding hydrogens is 240 g/mol. The fourth-order valence-electron chi connectivity index (χ4n) is 1.26. The lowest BCUT2D eigenvalue weighted by atomic mass is 10.2. The van der Waals surface area contributed by atoms with Crippen LogP contribution in [0.3, 0.4) is 0 Å². The Kier molecular flexibility index (Phi) is 6.77. The van der Waals surface area contributed by atoms with Crippen LogP contribution in [0.1, 0.15) is 27.2 Å². The molecule has 0 aliphatic heterocycles. The first-order chi connectivity index (χ1) is 8.33. The van der Waals surface area contributed by atoms with E-state index >= 15 is 0 Å². The van der Waals surface area contributed by atoms with Gasteiger partial charge < -0.3 is 20.1 Å². The average Bonchev–Trinajstić information content (AvgIpc) is 2.31. The first-order valence-electron chi connectivity index (χ1n) is 5.70. The van der Waals surface area contributed by atoms with Crippen molar-refractivity contribution in [2.75, 3.05) is 13.7 Å². The van der Waals surface area contributed by atoms with Crippen molar-refractivity contribution in [3.63, 3.8) is 0 Å². The summed E-state index contributed by atoms with van der Waals surface area (Å²) >= 11 is 0. The van der Waals surface area contributed by atoms with Gasteiger partial charge in [0.25, 0.3) is 0 Å². The molecule has 2 N–H and O–H groups in total. The fraction of sp³-hybridized carbons (Fsp3) is 0.727. The Bertz CT molecular complexity index is 317. The molecule has 104 valence electrons. The van der Waals surface area contributed by atoms with Crippen LogP contribution in [-0.2, 0) is 14.3 Å². The van der Waals surface area contributed by atoms with E-state index in [-0.39, 0.29) is 19.0 Å². The van der Waals surface area contributed by atoms with E-state index < -0.39 is 24.0 Å². The minimum absolute atomic E-state index is 0.212. The number of methoxy groups -OCH3 is 1. The molecule has 0 bridgehead atoms. The van der Waals surface area contributed by atoms with Crippen molar-refractivity contribution in [3.8, 4) is 0 Å². The molecular formula is C11H20N2O5. The van der Waals surface area contributed by atoms with Gasteiger partial charge in [0.15, 0.2) is 0 Å². The summed E-state index contributed by atoms with van der Waals surface area (Å²) in [5, 5.41) is 11.2. The van der Waals surface area contributed by atoms with Gasteiger partial charge in [0, 0.05) is 6.04 Å². The summed E-state index contributed by atoms with van der Waals surface area (Å²) in [5.41, 5.74) is 0. The van der Waals surface area contributed by atoms with Gasteiger partial charge in [-0.2, -0.15) is 0 Å². The number of esters is 1. The van der Waals surface area contributed by atoms with Gasteiger partial charge >= 0.3 is 18.0 Å². The lowest BCUT2D eigenvalue weighted by molar-refractivity contribution is -0.141. The minimum Gasteiger partial charge on any atom is -0.480 e. The van der Waals surface area contributed by atoms with E-state index in [1.807, 2.05) is 0 Å². The van der Waals surface area contributed by atoms with Crippen LogP contribution >= 0.6 is 0 Å². The van der Waals surface area contributed by atoms with E-state index in [1.165, 1.54) is 12.0 Å². The molecule has 0 aromatic heterocycles.